The molecule has 0 radical (unpaired) electrons. The maximum atomic E-state index is 11.5. The summed E-state index contributed by atoms with van der Waals surface area (Å²) < 4.78 is 0. The van der Waals surface area contributed by atoms with Crippen LogP contribution in [-0.2, 0) is 6.54 Å². The summed E-state index contributed by atoms with van der Waals surface area (Å²) in [6, 6.07) is 8.16. The monoisotopic (exact) mass is 336 g/mol. The minimum absolute atomic E-state index is 0.350. The molecule has 2 saturated carbocycles. The summed E-state index contributed by atoms with van der Waals surface area (Å²) >= 11 is 0. The first-order valence-corrected chi connectivity index (χ1v) is 9.54. The molecule has 2 heterocycles. The Hall–Kier alpha value is -1.94. The quantitative estimate of drug-likeness (QED) is 0.898. The van der Waals surface area contributed by atoms with Gasteiger partial charge in [-0.2, -0.15) is 0 Å². The van der Waals surface area contributed by atoms with Crippen molar-refractivity contribution in [1.82, 2.24) is 9.88 Å². The molecule has 1 aliphatic heterocycles. The number of benzene rings is 1. The van der Waals surface area contributed by atoms with E-state index >= 15 is 0 Å². The van der Waals surface area contributed by atoms with Gasteiger partial charge in [-0.25, -0.2) is 4.79 Å². The van der Waals surface area contributed by atoms with E-state index in [1.54, 1.807) is 12.3 Å². The molecule has 3 aliphatic rings. The highest BCUT2D eigenvalue weighted by molar-refractivity contribution is 6.03. The van der Waals surface area contributed by atoms with Gasteiger partial charge in [0, 0.05) is 30.7 Å². The van der Waals surface area contributed by atoms with Gasteiger partial charge in [-0.3, -0.25) is 9.88 Å². The van der Waals surface area contributed by atoms with Crippen LogP contribution in [0.4, 0.5) is 0 Å². The molecule has 0 unspecified atom stereocenters. The Morgan fingerprint density at radius 2 is 1.92 bits per heavy atom. The average Bonchev–Trinajstić information content (AvgIpc) is 3.53. The second-order valence-corrected chi connectivity index (χ2v) is 8.14. The number of hydrogen-bond donors (Lipinski definition) is 1. The lowest BCUT2D eigenvalue weighted by molar-refractivity contribution is 0.0699. The van der Waals surface area contributed by atoms with E-state index in [0.29, 0.717) is 5.56 Å². The van der Waals surface area contributed by atoms with Crippen LogP contribution in [0.5, 0.6) is 0 Å². The Morgan fingerprint density at radius 1 is 1.12 bits per heavy atom. The summed E-state index contributed by atoms with van der Waals surface area (Å²) in [5.74, 6) is 1.86. The van der Waals surface area contributed by atoms with Crippen molar-refractivity contribution in [3.63, 3.8) is 0 Å². The number of aromatic nitrogens is 1. The van der Waals surface area contributed by atoms with Crippen LogP contribution in [0.25, 0.3) is 10.9 Å². The summed E-state index contributed by atoms with van der Waals surface area (Å²) in [6.07, 6.45) is 8.76. The third kappa shape index (κ3) is 2.82. The fourth-order valence-corrected chi connectivity index (χ4v) is 4.80. The van der Waals surface area contributed by atoms with Crippen LogP contribution >= 0.6 is 0 Å². The van der Waals surface area contributed by atoms with E-state index < -0.39 is 5.97 Å². The summed E-state index contributed by atoms with van der Waals surface area (Å²) in [4.78, 5) is 18.7. The molecule has 2 aliphatic carbocycles. The summed E-state index contributed by atoms with van der Waals surface area (Å²) in [5.41, 5.74) is 2.37. The second-order valence-electron chi connectivity index (χ2n) is 8.14. The molecule has 1 aromatic heterocycles. The molecule has 130 valence electrons. The minimum Gasteiger partial charge on any atom is -0.478 e. The van der Waals surface area contributed by atoms with E-state index in [1.807, 2.05) is 18.2 Å². The number of likely N-dealkylation sites (tertiary alicyclic amines) is 1. The smallest absolute Gasteiger partial charge is 0.336 e. The Bertz CT molecular complexity index is 826. The SMILES string of the molecule is O=C(O)c1ccc(CN2C[C@H](C3CC3)C[C@@H]2C2CC2)c2ncccc12. The Morgan fingerprint density at radius 3 is 2.64 bits per heavy atom. The standard InChI is InChI=1S/C21H24N2O2/c24-21(25)18-8-7-15(20-17(18)2-1-9-22-20)11-23-12-16(13-3-4-13)10-19(23)14-5-6-14/h1-2,7-9,13-14,16,19H,3-6,10-12H2,(H,24,25)/t16-,19-/m1/s1. The van der Waals surface area contributed by atoms with Crippen LogP contribution in [0.2, 0.25) is 0 Å². The van der Waals surface area contributed by atoms with Crippen molar-refractivity contribution in [2.75, 3.05) is 6.54 Å². The van der Waals surface area contributed by atoms with Gasteiger partial charge in [-0.1, -0.05) is 12.1 Å². The van der Waals surface area contributed by atoms with Crippen LogP contribution in [-0.4, -0.2) is 33.5 Å². The molecule has 1 saturated heterocycles. The Labute approximate surface area is 147 Å². The minimum atomic E-state index is -0.879. The third-order valence-corrected chi connectivity index (χ3v) is 6.39. The molecule has 0 amide bonds. The topological polar surface area (TPSA) is 53.4 Å². The highest BCUT2D eigenvalue weighted by Gasteiger charge is 2.45. The van der Waals surface area contributed by atoms with Crippen LogP contribution < -0.4 is 0 Å². The van der Waals surface area contributed by atoms with Gasteiger partial charge in [0.05, 0.1) is 11.1 Å². The molecule has 3 fully saturated rings. The number of hydrogen-bond acceptors (Lipinski definition) is 3. The first-order valence-electron chi connectivity index (χ1n) is 9.54. The molecule has 5 rings (SSSR count). The van der Waals surface area contributed by atoms with E-state index in [9.17, 15) is 9.90 Å². The lowest BCUT2D eigenvalue weighted by Crippen LogP contribution is -2.30. The molecule has 1 N–H and O–H groups in total. The van der Waals surface area contributed by atoms with Crippen LogP contribution in [0.15, 0.2) is 30.5 Å². The number of nitrogens with zero attached hydrogens (tertiary/aromatic N) is 2. The van der Waals surface area contributed by atoms with Crippen molar-refractivity contribution in [3.8, 4) is 0 Å². The van der Waals surface area contributed by atoms with Gasteiger partial charge in [-0.05, 0) is 67.6 Å². The highest BCUT2D eigenvalue weighted by atomic mass is 16.4. The van der Waals surface area contributed by atoms with Crippen molar-refractivity contribution < 1.29 is 9.90 Å². The van der Waals surface area contributed by atoms with Gasteiger partial charge in [0.2, 0.25) is 0 Å². The number of carbonyl (C=O) groups is 1. The van der Waals surface area contributed by atoms with Crippen molar-refractivity contribution >= 4 is 16.9 Å². The lowest BCUT2D eigenvalue weighted by Gasteiger charge is -2.25. The van der Waals surface area contributed by atoms with E-state index in [2.05, 4.69) is 9.88 Å². The van der Waals surface area contributed by atoms with Gasteiger partial charge in [0.25, 0.3) is 0 Å². The predicted octanol–water partition coefficient (Wildman–Crippen LogP) is 3.94. The van der Waals surface area contributed by atoms with E-state index in [1.165, 1.54) is 44.2 Å². The number of carboxylic acids is 1. The lowest BCUT2D eigenvalue weighted by atomic mass is 9.98. The van der Waals surface area contributed by atoms with E-state index in [-0.39, 0.29) is 0 Å². The van der Waals surface area contributed by atoms with Crippen molar-refractivity contribution in [3.05, 3.63) is 41.6 Å². The molecule has 2 atom stereocenters. The molecule has 4 heteroatoms. The van der Waals surface area contributed by atoms with Crippen molar-refractivity contribution in [2.24, 2.45) is 17.8 Å². The summed E-state index contributed by atoms with van der Waals surface area (Å²) in [6.45, 7) is 2.11. The first-order chi connectivity index (χ1) is 12.2. The number of pyridine rings is 1. The molecule has 1 aromatic carbocycles. The van der Waals surface area contributed by atoms with E-state index in [0.717, 1.165) is 41.2 Å². The molecule has 4 nitrogen and oxygen atoms in total. The summed E-state index contributed by atoms with van der Waals surface area (Å²) in [7, 11) is 0. The zero-order valence-electron chi connectivity index (χ0n) is 14.4. The molecular formula is C21H24N2O2. The van der Waals surface area contributed by atoms with Gasteiger partial charge >= 0.3 is 5.97 Å². The number of fused-ring (bicyclic) bond motifs is 1. The molecule has 25 heavy (non-hydrogen) atoms. The van der Waals surface area contributed by atoms with Gasteiger partial charge in [0.15, 0.2) is 0 Å². The average molecular weight is 336 g/mol. The summed E-state index contributed by atoms with van der Waals surface area (Å²) in [5, 5.41) is 10.2. The zero-order chi connectivity index (χ0) is 17.0. The number of aromatic carboxylic acids is 1. The normalized spacial score (nSPS) is 27.0. The van der Waals surface area contributed by atoms with Crippen LogP contribution in [0.1, 0.15) is 48.0 Å². The third-order valence-electron chi connectivity index (χ3n) is 6.39. The van der Waals surface area contributed by atoms with E-state index in [4.69, 9.17) is 0 Å². The van der Waals surface area contributed by atoms with Gasteiger partial charge in [-0.15, -0.1) is 0 Å². The number of rotatable bonds is 5. The highest BCUT2D eigenvalue weighted by Crippen LogP contribution is 2.49. The largest absolute Gasteiger partial charge is 0.478 e. The Balaban J connectivity index is 1.47. The van der Waals surface area contributed by atoms with Crippen molar-refractivity contribution in [2.45, 2.75) is 44.7 Å². The molecule has 0 spiro atoms. The fourth-order valence-electron chi connectivity index (χ4n) is 4.80. The fraction of sp³-hybridized carbons (Fsp3) is 0.524. The Kier molecular flexibility index (Phi) is 3.56. The van der Waals surface area contributed by atoms with Gasteiger partial charge < -0.3 is 5.11 Å². The maximum absolute atomic E-state index is 11.5. The van der Waals surface area contributed by atoms with Crippen LogP contribution in [0.3, 0.4) is 0 Å². The van der Waals surface area contributed by atoms with Gasteiger partial charge in [0.1, 0.15) is 0 Å². The first kappa shape index (κ1) is 15.3. The molecular weight excluding hydrogens is 312 g/mol. The maximum Gasteiger partial charge on any atom is 0.336 e. The molecule has 2 aromatic rings. The van der Waals surface area contributed by atoms with Crippen molar-refractivity contribution in [1.29, 1.82) is 0 Å². The zero-order valence-corrected chi connectivity index (χ0v) is 14.4. The van der Waals surface area contributed by atoms with Crippen LogP contribution in [0, 0.1) is 17.8 Å². The number of carboxylic acid groups (broad SMARTS) is 1. The predicted molar refractivity (Wildman–Crippen MR) is 96.5 cm³/mol. The second kappa shape index (κ2) is 5.80. The molecule has 0 bridgehead atoms.